The highest BCUT2D eigenvalue weighted by atomic mass is 16.6. The fourth-order valence-corrected chi connectivity index (χ4v) is 6.16. The Bertz CT molecular complexity index is 1810. The predicted molar refractivity (Wildman–Crippen MR) is 167 cm³/mol. The average molecular weight is 596 g/mol. The summed E-state index contributed by atoms with van der Waals surface area (Å²) in [6.45, 7) is 8.22. The van der Waals surface area contributed by atoms with Crippen LogP contribution in [0.2, 0.25) is 0 Å². The number of carbonyl (C=O) groups excluding carboxylic acids is 2. The lowest BCUT2D eigenvalue weighted by Crippen LogP contribution is -2.50. The molecule has 2 fully saturated rings. The minimum absolute atomic E-state index is 0.0922. The van der Waals surface area contributed by atoms with Crippen LogP contribution in [0.25, 0.3) is 10.9 Å². The number of hydrogen-bond donors (Lipinski definition) is 1. The van der Waals surface area contributed by atoms with Gasteiger partial charge in [-0.05, 0) is 57.5 Å². The molecule has 1 amide bonds. The second-order valence-electron chi connectivity index (χ2n) is 12.2. The summed E-state index contributed by atoms with van der Waals surface area (Å²) in [6, 6.07) is 21.5. The van der Waals surface area contributed by atoms with Gasteiger partial charge in [0.1, 0.15) is 5.60 Å². The molecule has 44 heavy (non-hydrogen) atoms. The number of aliphatic imine (C=N–C) groups is 1. The van der Waals surface area contributed by atoms with Crippen molar-refractivity contribution in [2.75, 3.05) is 18.0 Å². The van der Waals surface area contributed by atoms with Crippen molar-refractivity contribution in [1.82, 2.24) is 9.47 Å². The lowest BCUT2D eigenvalue weighted by molar-refractivity contribution is -0.384. The number of carbonyl (C=O) groups is 2. The summed E-state index contributed by atoms with van der Waals surface area (Å²) >= 11 is 0. The van der Waals surface area contributed by atoms with Crippen molar-refractivity contribution in [2.24, 2.45) is 4.99 Å². The number of piperazine rings is 1. The van der Waals surface area contributed by atoms with Crippen molar-refractivity contribution >= 4 is 45.7 Å². The first kappa shape index (κ1) is 28.9. The van der Waals surface area contributed by atoms with E-state index in [2.05, 4.69) is 4.90 Å². The van der Waals surface area contributed by atoms with Gasteiger partial charge < -0.3 is 19.6 Å². The number of nitrogens with zero attached hydrogens (tertiary/aromatic N) is 5. The van der Waals surface area contributed by atoms with E-state index < -0.39 is 16.4 Å². The molecule has 11 nitrogen and oxygen atoms in total. The summed E-state index contributed by atoms with van der Waals surface area (Å²) in [7, 11) is 0. The molecule has 2 atom stereocenters. The summed E-state index contributed by atoms with van der Waals surface area (Å²) in [4.78, 5) is 45.3. The van der Waals surface area contributed by atoms with Crippen LogP contribution in [0, 0.1) is 10.1 Å². The third-order valence-electron chi connectivity index (χ3n) is 8.03. The van der Waals surface area contributed by atoms with Crippen LogP contribution < -0.4 is 4.90 Å². The standard InChI is InChI=1S/C33H33N5O6/c1-20(39)37-28-17-24(38(42)43)14-15-27(28)29(31(37)40)30(21-8-6-5-7-9-21)34-22-10-12-23(13-11-22)35-18-26-16-25(35)19-36(26)32(41)44-33(2,3)4/h5-15,17,25-26,40H,16,18-19H2,1-4H3. The van der Waals surface area contributed by atoms with Crippen LogP contribution in [-0.4, -0.2) is 68.0 Å². The molecule has 2 unspecified atom stereocenters. The number of nitro groups is 1. The van der Waals surface area contributed by atoms with E-state index in [0.29, 0.717) is 41.0 Å². The van der Waals surface area contributed by atoms with E-state index in [1.54, 1.807) is 0 Å². The molecule has 1 aromatic heterocycles. The molecule has 2 aliphatic heterocycles. The summed E-state index contributed by atoms with van der Waals surface area (Å²) in [5, 5.41) is 23.3. The molecule has 0 radical (unpaired) electrons. The SMILES string of the molecule is CC(=O)n1c(O)c(C(=Nc2ccc(N3CC4CC3CN4C(=O)OC(C)(C)C)cc2)c2ccccc2)c2ccc([N+](=O)[O-])cc21. The number of amides is 1. The van der Waals surface area contributed by atoms with Gasteiger partial charge in [-0.15, -0.1) is 0 Å². The van der Waals surface area contributed by atoms with Gasteiger partial charge in [-0.2, -0.15) is 0 Å². The van der Waals surface area contributed by atoms with Gasteiger partial charge in [-0.25, -0.2) is 14.4 Å². The maximum atomic E-state index is 12.7. The molecule has 6 rings (SSSR count). The van der Waals surface area contributed by atoms with E-state index in [9.17, 15) is 24.8 Å². The maximum Gasteiger partial charge on any atom is 0.410 e. The number of likely N-dealkylation sites (tertiary alicyclic amines) is 1. The number of fused-ring (bicyclic) bond motifs is 3. The molecule has 11 heteroatoms. The Morgan fingerprint density at radius 3 is 2.30 bits per heavy atom. The Balaban J connectivity index is 1.34. The van der Waals surface area contributed by atoms with Crippen LogP contribution >= 0.6 is 0 Å². The zero-order chi connectivity index (χ0) is 31.3. The number of non-ortho nitro benzene ring substituents is 1. The average Bonchev–Trinajstić information content (AvgIpc) is 3.66. The number of anilines is 1. The Morgan fingerprint density at radius 1 is 1.00 bits per heavy atom. The molecule has 0 aliphatic carbocycles. The molecule has 3 aromatic carbocycles. The van der Waals surface area contributed by atoms with Gasteiger partial charge in [0.25, 0.3) is 5.69 Å². The lowest BCUT2D eigenvalue weighted by atomic mass is 10.0. The van der Waals surface area contributed by atoms with Gasteiger partial charge in [-0.1, -0.05) is 30.3 Å². The van der Waals surface area contributed by atoms with Crippen molar-refractivity contribution in [2.45, 2.75) is 51.8 Å². The maximum absolute atomic E-state index is 12.7. The van der Waals surface area contributed by atoms with Crippen molar-refractivity contribution < 1.29 is 24.4 Å². The first-order valence-corrected chi connectivity index (χ1v) is 14.4. The van der Waals surface area contributed by atoms with Crippen LogP contribution in [0.1, 0.15) is 50.0 Å². The molecule has 0 saturated carbocycles. The van der Waals surface area contributed by atoms with E-state index in [-0.39, 0.29) is 35.3 Å². The summed E-state index contributed by atoms with van der Waals surface area (Å²) < 4.78 is 6.66. The van der Waals surface area contributed by atoms with E-state index in [0.717, 1.165) is 16.7 Å². The van der Waals surface area contributed by atoms with Gasteiger partial charge in [0, 0.05) is 54.8 Å². The van der Waals surface area contributed by atoms with E-state index in [1.165, 1.54) is 25.1 Å². The number of hydrogen-bond acceptors (Lipinski definition) is 8. The van der Waals surface area contributed by atoms with Crippen molar-refractivity contribution in [3.63, 3.8) is 0 Å². The largest absolute Gasteiger partial charge is 0.494 e. The van der Waals surface area contributed by atoms with E-state index in [4.69, 9.17) is 9.73 Å². The molecule has 226 valence electrons. The smallest absolute Gasteiger partial charge is 0.410 e. The van der Waals surface area contributed by atoms with Gasteiger partial charge in [-0.3, -0.25) is 14.9 Å². The molecule has 2 aliphatic rings. The van der Waals surface area contributed by atoms with Crippen molar-refractivity contribution in [3.8, 4) is 5.88 Å². The summed E-state index contributed by atoms with van der Waals surface area (Å²) in [5.41, 5.74) is 2.56. The van der Waals surface area contributed by atoms with E-state index in [1.807, 2.05) is 80.3 Å². The fraction of sp³-hybridized carbons (Fsp3) is 0.303. The third kappa shape index (κ3) is 5.25. The third-order valence-corrected chi connectivity index (χ3v) is 8.03. The molecule has 2 saturated heterocycles. The Labute approximate surface area is 254 Å². The summed E-state index contributed by atoms with van der Waals surface area (Å²) in [5.74, 6) is -0.823. The predicted octanol–water partition coefficient (Wildman–Crippen LogP) is 6.28. The first-order valence-electron chi connectivity index (χ1n) is 14.4. The zero-order valence-electron chi connectivity index (χ0n) is 24.9. The number of aromatic hydroxyl groups is 1. The molecule has 2 bridgehead atoms. The Morgan fingerprint density at radius 2 is 1.70 bits per heavy atom. The number of rotatable bonds is 5. The van der Waals surface area contributed by atoms with Crippen molar-refractivity contribution in [3.05, 3.63) is 94.0 Å². The summed E-state index contributed by atoms with van der Waals surface area (Å²) in [6.07, 6.45) is 0.612. The first-order chi connectivity index (χ1) is 20.9. The highest BCUT2D eigenvalue weighted by Crippen LogP contribution is 2.38. The molecule has 0 spiro atoms. The monoisotopic (exact) mass is 595 g/mol. The van der Waals surface area contributed by atoms with Crippen LogP contribution in [0.4, 0.5) is 21.9 Å². The second-order valence-corrected chi connectivity index (χ2v) is 12.2. The number of nitro benzene ring substituents is 1. The van der Waals surface area contributed by atoms with Crippen LogP contribution in [-0.2, 0) is 4.74 Å². The minimum Gasteiger partial charge on any atom is -0.494 e. The van der Waals surface area contributed by atoms with Gasteiger partial charge in [0.15, 0.2) is 0 Å². The lowest BCUT2D eigenvalue weighted by Gasteiger charge is -2.36. The Hall–Kier alpha value is -5.19. The second kappa shape index (κ2) is 10.8. The normalized spacial score (nSPS) is 18.2. The minimum atomic E-state index is -0.539. The van der Waals surface area contributed by atoms with Crippen LogP contribution in [0.15, 0.2) is 77.8 Å². The van der Waals surface area contributed by atoms with Gasteiger partial charge in [0.2, 0.25) is 11.8 Å². The van der Waals surface area contributed by atoms with Gasteiger partial charge >= 0.3 is 6.09 Å². The molecule has 3 heterocycles. The quantitative estimate of drug-likeness (QED) is 0.163. The topological polar surface area (TPSA) is 131 Å². The van der Waals surface area contributed by atoms with E-state index >= 15 is 0 Å². The van der Waals surface area contributed by atoms with Crippen molar-refractivity contribution in [1.29, 1.82) is 0 Å². The highest BCUT2D eigenvalue weighted by molar-refractivity contribution is 6.23. The molecular formula is C33H33N5O6. The number of benzene rings is 3. The van der Waals surface area contributed by atoms with Gasteiger partial charge in [0.05, 0.1) is 33.4 Å². The Kier molecular flexibility index (Phi) is 7.11. The number of ether oxygens (including phenoxy) is 1. The highest BCUT2D eigenvalue weighted by Gasteiger charge is 2.46. The molecule has 1 N–H and O–H groups in total. The zero-order valence-corrected chi connectivity index (χ0v) is 24.9. The fourth-order valence-electron chi connectivity index (χ4n) is 6.16. The van der Waals surface area contributed by atoms with Crippen LogP contribution in [0.5, 0.6) is 5.88 Å². The van der Waals surface area contributed by atoms with Crippen LogP contribution in [0.3, 0.4) is 0 Å². The number of aromatic nitrogens is 1. The molecule has 4 aromatic rings. The molecular weight excluding hydrogens is 562 g/mol.